The first-order chi connectivity index (χ1) is 8.51. The summed E-state index contributed by atoms with van der Waals surface area (Å²) in [5.41, 5.74) is 0.429. The van der Waals surface area contributed by atoms with Gasteiger partial charge in [0.15, 0.2) is 0 Å². The normalized spacial score (nSPS) is 27.7. The maximum Gasteiger partial charge on any atom is 0.0593 e. The second kappa shape index (κ2) is 7.46. The molecule has 3 heteroatoms. The lowest BCUT2D eigenvalue weighted by Crippen LogP contribution is -2.51. The zero-order valence-corrected chi connectivity index (χ0v) is 13.0. The molecule has 0 bridgehead atoms. The van der Waals surface area contributed by atoms with Crippen molar-refractivity contribution in [2.45, 2.75) is 46.1 Å². The van der Waals surface area contributed by atoms with Gasteiger partial charge in [0, 0.05) is 25.7 Å². The molecule has 1 fully saturated rings. The monoisotopic (exact) mass is 256 g/mol. The largest absolute Gasteiger partial charge is 0.380 e. The van der Waals surface area contributed by atoms with E-state index in [0.717, 1.165) is 25.7 Å². The number of nitrogens with zero attached hydrogens (tertiary/aromatic N) is 1. The summed E-state index contributed by atoms with van der Waals surface area (Å²) in [4.78, 5) is 2.42. The Balaban J connectivity index is 2.43. The second-order valence-electron chi connectivity index (χ2n) is 6.37. The fraction of sp³-hybridized carbons (Fsp3) is 1.00. The highest BCUT2D eigenvalue weighted by atomic mass is 16.5. The first-order valence-corrected chi connectivity index (χ1v) is 7.44. The van der Waals surface area contributed by atoms with Gasteiger partial charge in [-0.15, -0.1) is 0 Å². The lowest BCUT2D eigenvalue weighted by atomic mass is 9.68. The molecule has 2 unspecified atom stereocenters. The van der Waals surface area contributed by atoms with Crippen LogP contribution in [-0.2, 0) is 4.74 Å². The fourth-order valence-electron chi connectivity index (χ4n) is 3.46. The molecular formula is C15H32N2O. The molecule has 1 saturated carbocycles. The molecule has 1 N–H and O–H groups in total. The predicted molar refractivity (Wildman–Crippen MR) is 78.0 cm³/mol. The minimum atomic E-state index is 0.429. The molecule has 0 aromatic carbocycles. The topological polar surface area (TPSA) is 24.5 Å². The maximum absolute atomic E-state index is 5.43. The molecule has 0 amide bonds. The SMILES string of the molecule is CCOCCN(C)CC1CCCC(C)(C)C1NC. The lowest BCUT2D eigenvalue weighted by Gasteiger charge is -2.45. The third kappa shape index (κ3) is 4.52. The van der Waals surface area contributed by atoms with Crippen molar-refractivity contribution < 1.29 is 4.74 Å². The zero-order valence-electron chi connectivity index (χ0n) is 13.0. The Morgan fingerprint density at radius 2 is 2.11 bits per heavy atom. The van der Waals surface area contributed by atoms with Gasteiger partial charge in [0.2, 0.25) is 0 Å². The van der Waals surface area contributed by atoms with Crippen LogP contribution in [0.5, 0.6) is 0 Å². The van der Waals surface area contributed by atoms with E-state index < -0.39 is 0 Å². The molecule has 3 nitrogen and oxygen atoms in total. The Kier molecular flexibility index (Phi) is 6.61. The van der Waals surface area contributed by atoms with Crippen molar-refractivity contribution in [1.82, 2.24) is 10.2 Å². The van der Waals surface area contributed by atoms with Gasteiger partial charge >= 0.3 is 0 Å². The average molecular weight is 256 g/mol. The lowest BCUT2D eigenvalue weighted by molar-refractivity contribution is 0.0743. The molecule has 0 aromatic heterocycles. The van der Waals surface area contributed by atoms with Crippen LogP contribution in [0.1, 0.15) is 40.0 Å². The van der Waals surface area contributed by atoms with Gasteiger partial charge in [-0.3, -0.25) is 0 Å². The first-order valence-electron chi connectivity index (χ1n) is 7.44. The molecule has 0 aromatic rings. The summed E-state index contributed by atoms with van der Waals surface area (Å²) in [5.74, 6) is 0.769. The van der Waals surface area contributed by atoms with Crippen LogP contribution in [0.2, 0.25) is 0 Å². The van der Waals surface area contributed by atoms with E-state index in [1.807, 2.05) is 0 Å². The van der Waals surface area contributed by atoms with E-state index in [0.29, 0.717) is 11.5 Å². The van der Waals surface area contributed by atoms with Crippen LogP contribution in [0.25, 0.3) is 0 Å². The number of likely N-dealkylation sites (N-methyl/N-ethyl adjacent to an activating group) is 1. The summed E-state index contributed by atoms with van der Waals surface area (Å²) in [6, 6.07) is 0.640. The fourth-order valence-corrected chi connectivity index (χ4v) is 3.46. The molecule has 1 aliphatic carbocycles. The molecule has 2 atom stereocenters. The summed E-state index contributed by atoms with van der Waals surface area (Å²) in [6.45, 7) is 10.8. The van der Waals surface area contributed by atoms with Crippen molar-refractivity contribution in [2.75, 3.05) is 40.4 Å². The minimum absolute atomic E-state index is 0.429. The molecule has 0 saturated heterocycles. The predicted octanol–water partition coefficient (Wildman–Crippen LogP) is 2.37. The third-order valence-corrected chi connectivity index (χ3v) is 4.39. The average Bonchev–Trinajstić information content (AvgIpc) is 2.28. The number of hydrogen-bond acceptors (Lipinski definition) is 3. The van der Waals surface area contributed by atoms with Crippen LogP contribution in [0, 0.1) is 11.3 Å². The van der Waals surface area contributed by atoms with E-state index >= 15 is 0 Å². The summed E-state index contributed by atoms with van der Waals surface area (Å²) >= 11 is 0. The third-order valence-electron chi connectivity index (χ3n) is 4.39. The van der Waals surface area contributed by atoms with E-state index in [2.05, 4.69) is 45.1 Å². The molecule has 0 aliphatic heterocycles. The first kappa shape index (κ1) is 15.9. The van der Waals surface area contributed by atoms with Gasteiger partial charge in [0.25, 0.3) is 0 Å². The summed E-state index contributed by atoms with van der Waals surface area (Å²) in [6.07, 6.45) is 4.07. The maximum atomic E-state index is 5.43. The summed E-state index contributed by atoms with van der Waals surface area (Å²) in [5, 5.41) is 3.56. The minimum Gasteiger partial charge on any atom is -0.380 e. The van der Waals surface area contributed by atoms with Crippen molar-refractivity contribution in [3.05, 3.63) is 0 Å². The molecule has 1 aliphatic rings. The Morgan fingerprint density at radius 1 is 1.39 bits per heavy atom. The van der Waals surface area contributed by atoms with Gasteiger partial charge in [-0.2, -0.15) is 0 Å². The molecule has 0 heterocycles. The molecule has 108 valence electrons. The van der Waals surface area contributed by atoms with Gasteiger partial charge in [0.1, 0.15) is 0 Å². The highest BCUT2D eigenvalue weighted by molar-refractivity contribution is 4.93. The summed E-state index contributed by atoms with van der Waals surface area (Å²) < 4.78 is 5.43. The van der Waals surface area contributed by atoms with Crippen molar-refractivity contribution in [1.29, 1.82) is 0 Å². The highest BCUT2D eigenvalue weighted by Crippen LogP contribution is 2.38. The Morgan fingerprint density at radius 3 is 2.72 bits per heavy atom. The standard InChI is InChI=1S/C15H32N2O/c1-6-18-11-10-17(5)12-13-8-7-9-15(2,3)14(13)16-4/h13-14,16H,6-12H2,1-5H3. The van der Waals surface area contributed by atoms with Gasteiger partial charge in [-0.05, 0) is 45.2 Å². The van der Waals surface area contributed by atoms with Crippen LogP contribution >= 0.6 is 0 Å². The summed E-state index contributed by atoms with van der Waals surface area (Å²) in [7, 11) is 4.33. The molecular weight excluding hydrogens is 224 g/mol. The van der Waals surface area contributed by atoms with E-state index in [1.54, 1.807) is 0 Å². The number of nitrogens with one attached hydrogen (secondary N) is 1. The van der Waals surface area contributed by atoms with Crippen molar-refractivity contribution in [3.63, 3.8) is 0 Å². The van der Waals surface area contributed by atoms with Crippen LogP contribution in [-0.4, -0.2) is 51.3 Å². The van der Waals surface area contributed by atoms with E-state index in [-0.39, 0.29) is 0 Å². The van der Waals surface area contributed by atoms with Crippen molar-refractivity contribution in [3.8, 4) is 0 Å². The Hall–Kier alpha value is -0.120. The van der Waals surface area contributed by atoms with Crippen LogP contribution in [0.15, 0.2) is 0 Å². The number of rotatable bonds is 7. The Bertz CT molecular complexity index is 231. The highest BCUT2D eigenvalue weighted by Gasteiger charge is 2.38. The smallest absolute Gasteiger partial charge is 0.0593 e. The zero-order chi connectivity index (χ0) is 13.6. The quantitative estimate of drug-likeness (QED) is 0.708. The van der Waals surface area contributed by atoms with Crippen molar-refractivity contribution >= 4 is 0 Å². The van der Waals surface area contributed by atoms with Gasteiger partial charge < -0.3 is 15.0 Å². The van der Waals surface area contributed by atoms with Gasteiger partial charge in [-0.1, -0.05) is 20.3 Å². The molecule has 1 rings (SSSR count). The van der Waals surface area contributed by atoms with Crippen LogP contribution in [0.4, 0.5) is 0 Å². The van der Waals surface area contributed by atoms with E-state index in [1.165, 1.54) is 25.8 Å². The van der Waals surface area contributed by atoms with E-state index in [4.69, 9.17) is 4.74 Å². The molecule has 0 radical (unpaired) electrons. The van der Waals surface area contributed by atoms with Gasteiger partial charge in [0.05, 0.1) is 6.61 Å². The van der Waals surface area contributed by atoms with Gasteiger partial charge in [-0.25, -0.2) is 0 Å². The van der Waals surface area contributed by atoms with Crippen LogP contribution < -0.4 is 5.32 Å². The van der Waals surface area contributed by atoms with Crippen molar-refractivity contribution in [2.24, 2.45) is 11.3 Å². The van der Waals surface area contributed by atoms with Crippen LogP contribution in [0.3, 0.4) is 0 Å². The number of ether oxygens (including phenoxy) is 1. The molecule has 0 spiro atoms. The van der Waals surface area contributed by atoms with E-state index in [9.17, 15) is 0 Å². The Labute approximate surface area is 113 Å². The second-order valence-corrected chi connectivity index (χ2v) is 6.37. The number of hydrogen-bond donors (Lipinski definition) is 1. The molecule has 18 heavy (non-hydrogen) atoms.